The lowest BCUT2D eigenvalue weighted by Crippen LogP contribution is -2.31. The molecule has 0 fully saturated rings. The summed E-state index contributed by atoms with van der Waals surface area (Å²) in [6.07, 6.45) is 0. The van der Waals surface area contributed by atoms with Crippen molar-refractivity contribution in [3.8, 4) is 28.7 Å². The van der Waals surface area contributed by atoms with E-state index in [1.165, 1.54) is 47.7 Å². The van der Waals surface area contributed by atoms with Gasteiger partial charge in [0.15, 0.2) is 23.0 Å². The van der Waals surface area contributed by atoms with Gasteiger partial charge in [-0.2, -0.15) is 0 Å². The minimum Gasteiger partial charge on any atom is -0.493 e. The van der Waals surface area contributed by atoms with Gasteiger partial charge in [0.05, 0.1) is 57.9 Å². The van der Waals surface area contributed by atoms with Gasteiger partial charge in [0, 0.05) is 24.1 Å². The average Bonchev–Trinajstić information content (AvgIpc) is 3.39. The Morgan fingerprint density at radius 2 is 1.21 bits per heavy atom. The molecule has 39 heavy (non-hydrogen) atoms. The molecule has 0 saturated heterocycles. The Morgan fingerprint density at radius 1 is 0.692 bits per heavy atom. The number of rotatable bonds is 8. The van der Waals surface area contributed by atoms with E-state index in [0.717, 1.165) is 4.90 Å². The molecular weight excluding hydrogens is 504 g/mol. The fourth-order valence-electron chi connectivity index (χ4n) is 4.97. The number of fused-ring (bicyclic) bond motifs is 2. The number of methoxy groups -OCH3 is 5. The second-order valence-electron chi connectivity index (χ2n) is 8.72. The van der Waals surface area contributed by atoms with E-state index >= 15 is 0 Å². The number of hydrogen-bond donors (Lipinski definition) is 0. The first-order chi connectivity index (χ1) is 18.8. The number of aromatic nitrogens is 1. The number of anilines is 1. The maximum Gasteiger partial charge on any atom is 0.266 e. The third kappa shape index (κ3) is 3.75. The van der Waals surface area contributed by atoms with Crippen LogP contribution in [0, 0.1) is 0 Å². The first kappa shape index (κ1) is 25.7. The van der Waals surface area contributed by atoms with Crippen molar-refractivity contribution >= 4 is 34.2 Å². The Balaban J connectivity index is 1.82. The largest absolute Gasteiger partial charge is 0.493 e. The summed E-state index contributed by atoms with van der Waals surface area (Å²) >= 11 is 0. The quantitative estimate of drug-likeness (QED) is 0.246. The van der Waals surface area contributed by atoms with Crippen molar-refractivity contribution in [3.63, 3.8) is 0 Å². The Kier molecular flexibility index (Phi) is 6.39. The average molecular weight is 531 g/mol. The van der Waals surface area contributed by atoms with Gasteiger partial charge in [-0.1, -0.05) is 12.1 Å². The highest BCUT2D eigenvalue weighted by Gasteiger charge is 2.41. The van der Waals surface area contributed by atoms with Crippen LogP contribution >= 0.6 is 0 Å². The fourth-order valence-corrected chi connectivity index (χ4v) is 4.97. The van der Waals surface area contributed by atoms with Crippen molar-refractivity contribution in [1.29, 1.82) is 0 Å². The minimum absolute atomic E-state index is 0.101. The molecule has 3 aromatic carbocycles. The summed E-state index contributed by atoms with van der Waals surface area (Å²) in [7, 11) is 9.03. The van der Waals surface area contributed by atoms with Gasteiger partial charge in [-0.15, -0.1) is 0 Å². The van der Waals surface area contributed by atoms with Crippen molar-refractivity contribution < 1.29 is 38.1 Å². The first-order valence-corrected chi connectivity index (χ1v) is 11.9. The number of carbonyl (C=O) groups is 3. The molecule has 0 spiro atoms. The van der Waals surface area contributed by atoms with Gasteiger partial charge in [-0.25, -0.2) is 4.90 Å². The molecule has 2 heterocycles. The zero-order valence-electron chi connectivity index (χ0n) is 22.3. The summed E-state index contributed by atoms with van der Waals surface area (Å²) in [4.78, 5) is 42.5. The molecule has 0 unspecified atom stereocenters. The van der Waals surface area contributed by atoms with Crippen LogP contribution in [0.5, 0.6) is 28.7 Å². The monoisotopic (exact) mass is 530 g/mol. The lowest BCUT2D eigenvalue weighted by Gasteiger charge is -2.17. The molecule has 1 aromatic heterocycles. The van der Waals surface area contributed by atoms with Gasteiger partial charge in [-0.05, 0) is 30.3 Å². The van der Waals surface area contributed by atoms with E-state index in [1.807, 2.05) is 0 Å². The number of imide groups is 1. The standard InChI is InChI=1S/C29H26N2O8/c1-30-19-14-21(36-3)20(35-2)13-18(19)24(31-28(33)16-9-7-8-10-17(16)29(31)34)25(30)26(32)15-11-22(37-4)27(39-6)23(12-15)38-5/h7-14H,1-6H3. The van der Waals surface area contributed by atoms with Gasteiger partial charge in [-0.3, -0.25) is 14.4 Å². The second-order valence-corrected chi connectivity index (χ2v) is 8.72. The van der Waals surface area contributed by atoms with Crippen LogP contribution in [0.2, 0.25) is 0 Å². The third-order valence-corrected chi connectivity index (χ3v) is 6.84. The first-order valence-electron chi connectivity index (χ1n) is 11.9. The van der Waals surface area contributed by atoms with E-state index < -0.39 is 17.6 Å². The number of carbonyl (C=O) groups excluding carboxylic acids is 3. The van der Waals surface area contributed by atoms with E-state index in [-0.39, 0.29) is 39.6 Å². The Labute approximate surface area is 224 Å². The fraction of sp³-hybridized carbons (Fsp3) is 0.207. The van der Waals surface area contributed by atoms with Crippen LogP contribution in [0.1, 0.15) is 36.8 Å². The van der Waals surface area contributed by atoms with Crippen molar-refractivity contribution in [2.75, 3.05) is 40.4 Å². The Hall–Kier alpha value is -4.99. The normalized spacial score (nSPS) is 12.5. The molecule has 0 N–H and O–H groups in total. The zero-order chi connectivity index (χ0) is 28.0. The zero-order valence-corrected chi connectivity index (χ0v) is 22.3. The highest BCUT2D eigenvalue weighted by Crippen LogP contribution is 2.45. The molecule has 1 aliphatic heterocycles. The number of hydrogen-bond acceptors (Lipinski definition) is 8. The summed E-state index contributed by atoms with van der Waals surface area (Å²) in [6.45, 7) is 0. The molecule has 10 heteroatoms. The third-order valence-electron chi connectivity index (χ3n) is 6.84. The van der Waals surface area contributed by atoms with E-state index in [9.17, 15) is 14.4 Å². The summed E-state index contributed by atoms with van der Waals surface area (Å²) in [5.74, 6) is 0.149. The number of aryl methyl sites for hydroxylation is 1. The maximum atomic E-state index is 14.3. The molecule has 5 rings (SSSR count). The van der Waals surface area contributed by atoms with Crippen LogP contribution < -0.4 is 28.6 Å². The van der Waals surface area contributed by atoms with Crippen molar-refractivity contribution in [3.05, 3.63) is 70.9 Å². The number of benzene rings is 3. The summed E-state index contributed by atoms with van der Waals surface area (Å²) < 4.78 is 28.9. The van der Waals surface area contributed by atoms with Crippen molar-refractivity contribution in [2.24, 2.45) is 7.05 Å². The van der Waals surface area contributed by atoms with Crippen LogP contribution in [0.25, 0.3) is 10.9 Å². The molecule has 0 saturated carbocycles. The molecule has 0 bridgehead atoms. The summed E-state index contributed by atoms with van der Waals surface area (Å²) in [6, 6.07) is 12.9. The molecule has 0 aliphatic carbocycles. The predicted molar refractivity (Wildman–Crippen MR) is 143 cm³/mol. The summed E-state index contributed by atoms with van der Waals surface area (Å²) in [5.41, 5.74) is 1.50. The SMILES string of the molecule is COc1cc2c(N3C(=O)c4ccccc4C3=O)c(C(=O)c3cc(OC)c(OC)c(OC)c3)n(C)c2cc1OC. The molecule has 2 amide bonds. The van der Waals surface area contributed by atoms with E-state index in [1.54, 1.807) is 48.0 Å². The molecule has 10 nitrogen and oxygen atoms in total. The van der Waals surface area contributed by atoms with Gasteiger partial charge >= 0.3 is 0 Å². The highest BCUT2D eigenvalue weighted by molar-refractivity contribution is 6.38. The van der Waals surface area contributed by atoms with E-state index in [0.29, 0.717) is 28.2 Å². The Morgan fingerprint density at radius 3 is 1.69 bits per heavy atom. The number of amides is 2. The lowest BCUT2D eigenvalue weighted by molar-refractivity contribution is 0.0926. The second kappa shape index (κ2) is 9.71. The smallest absolute Gasteiger partial charge is 0.266 e. The molecule has 0 atom stereocenters. The molecule has 1 aliphatic rings. The highest BCUT2D eigenvalue weighted by atomic mass is 16.5. The number of nitrogens with zero attached hydrogens (tertiary/aromatic N) is 2. The van der Waals surface area contributed by atoms with Crippen molar-refractivity contribution in [2.45, 2.75) is 0 Å². The molecule has 200 valence electrons. The maximum absolute atomic E-state index is 14.3. The van der Waals surface area contributed by atoms with E-state index in [4.69, 9.17) is 23.7 Å². The molecule has 0 radical (unpaired) electrons. The predicted octanol–water partition coefficient (Wildman–Crippen LogP) is 4.25. The Bertz CT molecular complexity index is 1610. The minimum atomic E-state index is -0.531. The number of ketones is 1. The van der Waals surface area contributed by atoms with Gasteiger partial charge in [0.25, 0.3) is 11.8 Å². The van der Waals surface area contributed by atoms with E-state index in [2.05, 4.69) is 0 Å². The van der Waals surface area contributed by atoms with Crippen LogP contribution in [-0.4, -0.2) is 57.7 Å². The van der Waals surface area contributed by atoms with Crippen LogP contribution in [0.4, 0.5) is 5.69 Å². The van der Waals surface area contributed by atoms with Crippen LogP contribution in [0.3, 0.4) is 0 Å². The topological polar surface area (TPSA) is 106 Å². The van der Waals surface area contributed by atoms with Crippen LogP contribution in [-0.2, 0) is 7.05 Å². The number of ether oxygens (including phenoxy) is 5. The van der Waals surface area contributed by atoms with Crippen LogP contribution in [0.15, 0.2) is 48.5 Å². The molecule has 4 aromatic rings. The molecular formula is C29H26N2O8. The van der Waals surface area contributed by atoms with Gasteiger partial charge < -0.3 is 28.3 Å². The van der Waals surface area contributed by atoms with Crippen molar-refractivity contribution in [1.82, 2.24) is 4.57 Å². The van der Waals surface area contributed by atoms with Gasteiger partial charge in [0.1, 0.15) is 5.69 Å². The lowest BCUT2D eigenvalue weighted by atomic mass is 10.0. The van der Waals surface area contributed by atoms with Gasteiger partial charge in [0.2, 0.25) is 11.5 Å². The summed E-state index contributed by atoms with van der Waals surface area (Å²) in [5, 5.41) is 0.459.